The second-order valence-corrected chi connectivity index (χ2v) is 12.7. The molecular weight excluding hydrogens is 561 g/mol. The molecule has 0 aromatic heterocycles. The van der Waals surface area contributed by atoms with Gasteiger partial charge < -0.3 is 19.5 Å². The highest BCUT2D eigenvalue weighted by atomic mass is 19.4. The van der Waals surface area contributed by atoms with Crippen molar-refractivity contribution in [3.05, 3.63) is 52.6 Å². The molecule has 1 spiro atoms. The van der Waals surface area contributed by atoms with Crippen LogP contribution in [0.5, 0.6) is 17.2 Å². The van der Waals surface area contributed by atoms with Gasteiger partial charge in [-0.3, -0.25) is 14.5 Å². The summed E-state index contributed by atoms with van der Waals surface area (Å²) in [4.78, 5) is 29.6. The van der Waals surface area contributed by atoms with Crippen LogP contribution in [0.25, 0.3) is 0 Å². The lowest BCUT2D eigenvalue weighted by Crippen LogP contribution is -2.69. The van der Waals surface area contributed by atoms with Gasteiger partial charge in [0.15, 0.2) is 11.5 Å². The summed E-state index contributed by atoms with van der Waals surface area (Å²) in [5.74, 6) is 6.11. The number of amides is 1. The molecule has 5 atom stereocenters. The molecule has 7 rings (SSSR count). The number of piperidine rings is 1. The molecule has 1 amide bonds. The third-order valence-electron chi connectivity index (χ3n) is 10.3. The lowest BCUT2D eigenvalue weighted by molar-refractivity contribution is -0.137. The smallest absolute Gasteiger partial charge is 0.416 e. The van der Waals surface area contributed by atoms with Crippen LogP contribution in [0.1, 0.15) is 61.3 Å². The van der Waals surface area contributed by atoms with Crippen molar-refractivity contribution in [2.45, 2.75) is 75.2 Å². The SMILES string of the molecule is CC(=O)Oc1cc(O)c2c3c1O[C@H]1[C@H](N(C)C(=O)C#Cc4ccc(C(F)(F)F)cc4)CC[C@H]4[C@@H](C2)N(CC2CC2)CC[C@@]341. The number of alkyl halides is 3. The fourth-order valence-electron chi connectivity index (χ4n) is 8.24. The molecule has 3 aliphatic carbocycles. The Morgan fingerprint density at radius 3 is 2.60 bits per heavy atom. The Morgan fingerprint density at radius 2 is 1.93 bits per heavy atom. The predicted octanol–water partition coefficient (Wildman–Crippen LogP) is 4.66. The van der Waals surface area contributed by atoms with Gasteiger partial charge in [0.05, 0.1) is 11.6 Å². The monoisotopic (exact) mass is 594 g/mol. The Morgan fingerprint density at radius 1 is 1.19 bits per heavy atom. The first-order valence-corrected chi connectivity index (χ1v) is 14.9. The summed E-state index contributed by atoms with van der Waals surface area (Å²) in [7, 11) is 1.69. The number of esters is 1. The normalized spacial score (nSPS) is 28.7. The lowest BCUT2D eigenvalue weighted by atomic mass is 9.50. The Balaban J connectivity index is 1.22. The zero-order chi connectivity index (χ0) is 30.3. The second kappa shape index (κ2) is 9.91. The van der Waals surface area contributed by atoms with Crippen LogP contribution < -0.4 is 9.47 Å². The van der Waals surface area contributed by atoms with Crippen molar-refractivity contribution in [2.24, 2.45) is 11.8 Å². The second-order valence-electron chi connectivity index (χ2n) is 12.7. The number of phenolic OH excluding ortho intramolecular Hbond substituents is 1. The quantitative estimate of drug-likeness (QED) is 0.315. The highest BCUT2D eigenvalue weighted by Gasteiger charge is 2.67. The average molecular weight is 595 g/mol. The van der Waals surface area contributed by atoms with Crippen LogP contribution in [0, 0.1) is 23.7 Å². The number of benzene rings is 2. The molecular formula is C33H33F3N2O5. The van der Waals surface area contributed by atoms with Gasteiger partial charge in [0.1, 0.15) is 11.9 Å². The topological polar surface area (TPSA) is 79.3 Å². The summed E-state index contributed by atoms with van der Waals surface area (Å²) in [5, 5.41) is 11.2. The molecule has 43 heavy (non-hydrogen) atoms. The average Bonchev–Trinajstić information content (AvgIpc) is 3.71. The minimum atomic E-state index is -4.45. The van der Waals surface area contributed by atoms with Crippen molar-refractivity contribution >= 4 is 11.9 Å². The fraction of sp³-hybridized carbons (Fsp3) is 0.515. The third-order valence-corrected chi connectivity index (χ3v) is 10.3. The zero-order valence-electron chi connectivity index (χ0n) is 24.0. The number of carbonyl (C=O) groups excluding carboxylic acids is 2. The molecule has 2 aromatic rings. The molecule has 2 heterocycles. The van der Waals surface area contributed by atoms with Gasteiger partial charge in [0, 0.05) is 60.7 Å². The molecule has 1 N–H and O–H groups in total. The summed E-state index contributed by atoms with van der Waals surface area (Å²) in [5.41, 5.74) is 0.836. The van der Waals surface area contributed by atoms with E-state index in [9.17, 15) is 27.9 Å². The minimum absolute atomic E-state index is 0.101. The number of likely N-dealkylation sites (N-methyl/N-ethyl adjacent to an activating group) is 1. The van der Waals surface area contributed by atoms with Crippen molar-refractivity contribution in [2.75, 3.05) is 20.1 Å². The first-order chi connectivity index (χ1) is 20.5. The summed E-state index contributed by atoms with van der Waals surface area (Å²) >= 11 is 0. The van der Waals surface area contributed by atoms with Crippen LogP contribution in [-0.2, 0) is 27.6 Å². The van der Waals surface area contributed by atoms with Crippen molar-refractivity contribution in [1.29, 1.82) is 0 Å². The van der Waals surface area contributed by atoms with Crippen molar-refractivity contribution in [1.82, 2.24) is 9.80 Å². The molecule has 5 aliphatic rings. The molecule has 226 valence electrons. The van der Waals surface area contributed by atoms with Gasteiger partial charge in [-0.1, -0.05) is 5.92 Å². The van der Waals surface area contributed by atoms with Gasteiger partial charge in [-0.2, -0.15) is 13.2 Å². The minimum Gasteiger partial charge on any atom is -0.508 e. The largest absolute Gasteiger partial charge is 0.508 e. The number of phenols is 1. The number of nitrogens with zero attached hydrogens (tertiary/aromatic N) is 2. The molecule has 1 saturated heterocycles. The summed E-state index contributed by atoms with van der Waals surface area (Å²) in [6.45, 7) is 3.25. The number of rotatable bonds is 4. The first kappa shape index (κ1) is 28.1. The van der Waals surface area contributed by atoms with E-state index in [0.717, 1.165) is 55.1 Å². The number of hydrogen-bond acceptors (Lipinski definition) is 6. The maximum atomic E-state index is 13.4. The first-order valence-electron chi connectivity index (χ1n) is 14.9. The van der Waals surface area contributed by atoms with E-state index in [-0.39, 0.29) is 29.5 Å². The van der Waals surface area contributed by atoms with Crippen molar-refractivity contribution < 1.29 is 37.3 Å². The van der Waals surface area contributed by atoms with E-state index in [1.54, 1.807) is 11.9 Å². The standard InChI is InChI=1S/C33H33F3N2O5/c1-18(39)42-27-16-26(40)22-15-25-23-10-11-24(37(2)28(41)12-7-19-5-8-21(9-6-19)33(34,35)36)31-32(23,29(22)30(27)43-31)13-14-38(25)17-20-3-4-20/h5-6,8-9,16,20,23-25,31,40H,3-4,10-11,13-15,17H2,1-2H3/t23-,24+,25+,31-,32-/m0/s1. The number of carbonyl (C=O) groups is 2. The van der Waals surface area contributed by atoms with E-state index in [2.05, 4.69) is 16.7 Å². The Bertz CT molecular complexity index is 1560. The number of hydrogen-bond donors (Lipinski definition) is 1. The van der Waals surface area contributed by atoms with E-state index in [0.29, 0.717) is 24.2 Å². The number of aromatic hydroxyl groups is 1. The molecule has 10 heteroatoms. The van der Waals surface area contributed by atoms with Crippen LogP contribution in [0.2, 0.25) is 0 Å². The summed E-state index contributed by atoms with van der Waals surface area (Å²) in [6.07, 6.45) is 0.674. The third kappa shape index (κ3) is 4.55. The lowest BCUT2D eigenvalue weighted by Gasteiger charge is -2.60. The van der Waals surface area contributed by atoms with E-state index in [4.69, 9.17) is 9.47 Å². The summed E-state index contributed by atoms with van der Waals surface area (Å²) < 4.78 is 51.1. The zero-order valence-corrected chi connectivity index (χ0v) is 24.0. The fourth-order valence-corrected chi connectivity index (χ4v) is 8.24. The van der Waals surface area contributed by atoms with Crippen LogP contribution in [0.4, 0.5) is 13.2 Å². The summed E-state index contributed by atoms with van der Waals surface area (Å²) in [6, 6.07) is 5.79. The van der Waals surface area contributed by atoms with Crippen LogP contribution >= 0.6 is 0 Å². The van der Waals surface area contributed by atoms with Gasteiger partial charge in [-0.25, -0.2) is 0 Å². The van der Waals surface area contributed by atoms with E-state index in [1.807, 2.05) is 0 Å². The Kier molecular flexibility index (Phi) is 6.47. The number of halogens is 3. The molecule has 0 radical (unpaired) electrons. The maximum Gasteiger partial charge on any atom is 0.416 e. The van der Waals surface area contributed by atoms with E-state index in [1.165, 1.54) is 38.0 Å². The van der Waals surface area contributed by atoms with Gasteiger partial charge in [0.2, 0.25) is 0 Å². The Labute approximate surface area is 247 Å². The molecule has 7 nitrogen and oxygen atoms in total. The number of ether oxygens (including phenoxy) is 2. The van der Waals surface area contributed by atoms with Crippen molar-refractivity contribution in [3.8, 4) is 29.1 Å². The van der Waals surface area contributed by atoms with Gasteiger partial charge in [-0.05, 0) is 81.2 Å². The van der Waals surface area contributed by atoms with E-state index >= 15 is 0 Å². The van der Waals surface area contributed by atoms with Crippen molar-refractivity contribution in [3.63, 3.8) is 0 Å². The molecule has 2 aromatic carbocycles. The van der Waals surface area contributed by atoms with E-state index < -0.39 is 35.1 Å². The highest BCUT2D eigenvalue weighted by molar-refractivity contribution is 5.94. The van der Waals surface area contributed by atoms with Crippen LogP contribution in [0.3, 0.4) is 0 Å². The van der Waals surface area contributed by atoms with Gasteiger partial charge >= 0.3 is 12.1 Å². The number of likely N-dealkylation sites (tertiary alicyclic amines) is 1. The Hall–Kier alpha value is -3.71. The highest BCUT2D eigenvalue weighted by Crippen LogP contribution is 2.65. The van der Waals surface area contributed by atoms with Crippen LogP contribution in [0.15, 0.2) is 30.3 Å². The maximum absolute atomic E-state index is 13.4. The molecule has 2 bridgehead atoms. The predicted molar refractivity (Wildman–Crippen MR) is 150 cm³/mol. The molecule has 2 aliphatic heterocycles. The molecule has 2 saturated carbocycles. The van der Waals surface area contributed by atoms with Gasteiger partial charge in [-0.15, -0.1) is 0 Å². The van der Waals surface area contributed by atoms with Crippen LogP contribution in [-0.4, -0.2) is 65.1 Å². The van der Waals surface area contributed by atoms with Gasteiger partial charge in [0.25, 0.3) is 5.91 Å². The molecule has 3 fully saturated rings. The molecule has 0 unspecified atom stereocenters.